The van der Waals surface area contributed by atoms with E-state index in [0.717, 1.165) is 0 Å². The van der Waals surface area contributed by atoms with Crippen LogP contribution in [0.4, 0.5) is 11.4 Å². The van der Waals surface area contributed by atoms with Crippen molar-refractivity contribution in [3.63, 3.8) is 0 Å². The maximum absolute atomic E-state index is 11.4. The lowest BCUT2D eigenvalue weighted by Gasteiger charge is -2.08. The van der Waals surface area contributed by atoms with Crippen molar-refractivity contribution in [1.29, 1.82) is 0 Å². The van der Waals surface area contributed by atoms with Gasteiger partial charge in [-0.25, -0.2) is 0 Å². The van der Waals surface area contributed by atoms with E-state index < -0.39 is 23.8 Å². The fourth-order valence-corrected chi connectivity index (χ4v) is 1.52. The van der Waals surface area contributed by atoms with E-state index in [0.29, 0.717) is 11.4 Å². The number of hydrogen-bond acceptors (Lipinski definition) is 6. The highest BCUT2D eigenvalue weighted by Crippen LogP contribution is 2.14. The molecular formula is C14H14N2O6-2. The highest BCUT2D eigenvalue weighted by molar-refractivity contribution is 5.94. The van der Waals surface area contributed by atoms with Crippen molar-refractivity contribution in [3.8, 4) is 0 Å². The molecule has 0 saturated carbocycles. The van der Waals surface area contributed by atoms with Crippen LogP contribution in [0.15, 0.2) is 24.3 Å². The van der Waals surface area contributed by atoms with Crippen LogP contribution in [0.2, 0.25) is 0 Å². The maximum atomic E-state index is 11.4. The summed E-state index contributed by atoms with van der Waals surface area (Å²) in [6.45, 7) is 0. The number of hydrogen-bond donors (Lipinski definition) is 2. The van der Waals surface area contributed by atoms with Gasteiger partial charge in [-0.1, -0.05) is 0 Å². The quantitative estimate of drug-likeness (QED) is 0.607. The summed E-state index contributed by atoms with van der Waals surface area (Å²) < 4.78 is 0. The zero-order valence-electron chi connectivity index (χ0n) is 11.6. The molecule has 0 aromatic heterocycles. The van der Waals surface area contributed by atoms with Crippen LogP contribution in [0.3, 0.4) is 0 Å². The van der Waals surface area contributed by atoms with Crippen LogP contribution in [0, 0.1) is 0 Å². The van der Waals surface area contributed by atoms with Crippen molar-refractivity contribution in [2.24, 2.45) is 0 Å². The summed E-state index contributed by atoms with van der Waals surface area (Å²) in [6, 6.07) is 6.08. The van der Waals surface area contributed by atoms with Gasteiger partial charge in [-0.15, -0.1) is 0 Å². The second-order valence-electron chi connectivity index (χ2n) is 4.42. The molecule has 0 aliphatic heterocycles. The second-order valence-corrected chi connectivity index (χ2v) is 4.42. The summed E-state index contributed by atoms with van der Waals surface area (Å²) in [5.74, 6) is -3.53. The average Bonchev–Trinajstić information content (AvgIpc) is 2.45. The van der Waals surface area contributed by atoms with E-state index in [1.54, 1.807) is 0 Å². The van der Waals surface area contributed by atoms with Crippen LogP contribution in [-0.4, -0.2) is 23.8 Å². The smallest absolute Gasteiger partial charge is 0.224 e. The fraction of sp³-hybridized carbons (Fsp3) is 0.286. The summed E-state index contributed by atoms with van der Waals surface area (Å²) in [4.78, 5) is 43.2. The Morgan fingerprint density at radius 2 is 1.00 bits per heavy atom. The van der Waals surface area contributed by atoms with Crippen molar-refractivity contribution >= 4 is 35.1 Å². The molecule has 0 fully saturated rings. The first-order chi connectivity index (χ1) is 10.4. The molecule has 1 aromatic carbocycles. The lowest BCUT2D eigenvalue weighted by Crippen LogP contribution is -2.24. The number of rotatable bonds is 8. The molecule has 22 heavy (non-hydrogen) atoms. The number of nitrogens with one attached hydrogen (secondary N) is 2. The van der Waals surface area contributed by atoms with E-state index >= 15 is 0 Å². The van der Waals surface area contributed by atoms with Gasteiger partial charge in [0, 0.05) is 36.2 Å². The van der Waals surface area contributed by atoms with Crippen LogP contribution in [-0.2, 0) is 19.2 Å². The minimum Gasteiger partial charge on any atom is -0.550 e. The molecule has 0 aliphatic carbocycles. The first-order valence-electron chi connectivity index (χ1n) is 6.46. The molecule has 0 heterocycles. The van der Waals surface area contributed by atoms with Gasteiger partial charge in [0.2, 0.25) is 11.8 Å². The molecule has 8 heteroatoms. The Hall–Kier alpha value is -2.90. The van der Waals surface area contributed by atoms with E-state index in [2.05, 4.69) is 10.6 Å². The van der Waals surface area contributed by atoms with Crippen molar-refractivity contribution in [3.05, 3.63) is 24.3 Å². The molecule has 0 radical (unpaired) electrons. The average molecular weight is 306 g/mol. The third-order valence-electron chi connectivity index (χ3n) is 2.56. The van der Waals surface area contributed by atoms with Gasteiger partial charge in [-0.3, -0.25) is 9.59 Å². The van der Waals surface area contributed by atoms with E-state index in [9.17, 15) is 29.4 Å². The summed E-state index contributed by atoms with van der Waals surface area (Å²) >= 11 is 0. The lowest BCUT2D eigenvalue weighted by molar-refractivity contribution is -0.307. The third-order valence-corrected chi connectivity index (χ3v) is 2.56. The molecule has 0 spiro atoms. The Labute approximate surface area is 126 Å². The van der Waals surface area contributed by atoms with Crippen LogP contribution >= 0.6 is 0 Å². The lowest BCUT2D eigenvalue weighted by atomic mass is 10.2. The normalized spacial score (nSPS) is 9.82. The number of carbonyl (C=O) groups is 4. The number of carbonyl (C=O) groups excluding carboxylic acids is 4. The van der Waals surface area contributed by atoms with Gasteiger partial charge in [0.1, 0.15) is 0 Å². The highest BCUT2D eigenvalue weighted by atomic mass is 16.4. The summed E-state index contributed by atoms with van der Waals surface area (Å²) in [5, 5.41) is 25.4. The topological polar surface area (TPSA) is 138 Å². The first-order valence-corrected chi connectivity index (χ1v) is 6.46. The molecule has 118 valence electrons. The highest BCUT2D eigenvalue weighted by Gasteiger charge is 2.05. The Bertz CT molecular complexity index is 516. The van der Waals surface area contributed by atoms with Gasteiger partial charge in [0.15, 0.2) is 0 Å². The first kappa shape index (κ1) is 17.2. The van der Waals surface area contributed by atoms with Crippen molar-refractivity contribution in [2.45, 2.75) is 25.7 Å². The maximum Gasteiger partial charge on any atom is 0.224 e. The molecule has 0 bridgehead atoms. The molecule has 0 aliphatic rings. The summed E-state index contributed by atoms with van der Waals surface area (Å²) in [6.07, 6.45) is -1.11. The fourth-order valence-electron chi connectivity index (χ4n) is 1.52. The van der Waals surface area contributed by atoms with Gasteiger partial charge >= 0.3 is 0 Å². The largest absolute Gasteiger partial charge is 0.550 e. The number of amides is 2. The molecule has 8 nitrogen and oxygen atoms in total. The number of carboxylic acids is 2. The Balaban J connectivity index is 2.45. The van der Waals surface area contributed by atoms with Gasteiger partial charge in [0.05, 0.1) is 0 Å². The van der Waals surface area contributed by atoms with Crippen molar-refractivity contribution in [2.75, 3.05) is 10.6 Å². The van der Waals surface area contributed by atoms with Crippen LogP contribution in [0.5, 0.6) is 0 Å². The Morgan fingerprint density at radius 1 is 0.682 bits per heavy atom. The molecule has 1 aromatic rings. The van der Waals surface area contributed by atoms with E-state index in [-0.39, 0.29) is 25.7 Å². The van der Waals surface area contributed by atoms with Gasteiger partial charge < -0.3 is 30.4 Å². The number of anilines is 2. The number of carboxylic acid groups (broad SMARTS) is 2. The van der Waals surface area contributed by atoms with Gasteiger partial charge in [0.25, 0.3) is 0 Å². The molecule has 0 atom stereocenters. The SMILES string of the molecule is O=C([O-])CCC(=O)Nc1ccc(NC(=O)CCC(=O)[O-])cc1. The van der Waals surface area contributed by atoms with Crippen LogP contribution in [0.1, 0.15) is 25.7 Å². The van der Waals surface area contributed by atoms with E-state index in [1.807, 2.05) is 0 Å². The summed E-state index contributed by atoms with van der Waals surface area (Å²) in [5.41, 5.74) is 0.882. The standard InChI is InChI=1S/C14H16N2O6/c17-11(5-7-13(19)20)15-9-1-2-10(4-3-9)16-12(18)6-8-14(21)22/h1-4H,5-8H2,(H,15,17)(H,16,18)(H,19,20)(H,21,22)/p-2. The van der Waals surface area contributed by atoms with Crippen LogP contribution < -0.4 is 20.8 Å². The zero-order valence-corrected chi connectivity index (χ0v) is 11.6. The molecule has 0 saturated heterocycles. The summed E-state index contributed by atoms with van der Waals surface area (Å²) in [7, 11) is 0. The zero-order chi connectivity index (χ0) is 16.5. The van der Waals surface area contributed by atoms with Crippen molar-refractivity contribution in [1.82, 2.24) is 0 Å². The van der Waals surface area contributed by atoms with E-state index in [1.165, 1.54) is 24.3 Å². The van der Waals surface area contributed by atoms with Crippen LogP contribution in [0.25, 0.3) is 0 Å². The second kappa shape index (κ2) is 8.40. The van der Waals surface area contributed by atoms with Gasteiger partial charge in [-0.05, 0) is 37.1 Å². The molecule has 2 N–H and O–H groups in total. The van der Waals surface area contributed by atoms with Gasteiger partial charge in [-0.2, -0.15) is 0 Å². The molecule has 2 amide bonds. The molecular weight excluding hydrogens is 292 g/mol. The van der Waals surface area contributed by atoms with Crippen molar-refractivity contribution < 1.29 is 29.4 Å². The van der Waals surface area contributed by atoms with E-state index in [4.69, 9.17) is 0 Å². The molecule has 1 rings (SSSR count). The predicted molar refractivity (Wildman–Crippen MR) is 72.2 cm³/mol. The number of aliphatic carboxylic acids is 2. The predicted octanol–water partition coefficient (Wildman–Crippen LogP) is -1.38. The minimum atomic E-state index is -1.30. The molecule has 0 unspecified atom stereocenters. The number of benzene rings is 1. The monoisotopic (exact) mass is 306 g/mol. The minimum absolute atomic E-state index is 0.190. The Kier molecular flexibility index (Phi) is 6.55. The third kappa shape index (κ3) is 7.04. The Morgan fingerprint density at radius 3 is 1.27 bits per heavy atom.